The van der Waals surface area contributed by atoms with Gasteiger partial charge in [0.25, 0.3) is 5.91 Å². The number of carbonyl (C=O) groups is 1. The van der Waals surface area contributed by atoms with Crippen molar-refractivity contribution in [2.24, 2.45) is 16.9 Å². The zero-order chi connectivity index (χ0) is 14.1. The molecule has 1 aromatic rings. The monoisotopic (exact) mass is 270 g/mol. The zero-order valence-electron chi connectivity index (χ0n) is 12.2. The van der Waals surface area contributed by atoms with E-state index in [1.54, 1.807) is 0 Å². The molecule has 0 radical (unpaired) electrons. The zero-order valence-corrected chi connectivity index (χ0v) is 12.2. The third-order valence-electron chi connectivity index (χ3n) is 4.65. The Morgan fingerprint density at radius 2 is 2.00 bits per heavy atom. The van der Waals surface area contributed by atoms with Crippen LogP contribution >= 0.6 is 0 Å². The molecule has 2 bridgehead atoms. The van der Waals surface area contributed by atoms with Gasteiger partial charge < -0.3 is 0 Å². The predicted molar refractivity (Wildman–Crippen MR) is 80.9 cm³/mol. The van der Waals surface area contributed by atoms with Gasteiger partial charge in [0.1, 0.15) is 0 Å². The highest BCUT2D eigenvalue weighted by atomic mass is 16.2. The van der Waals surface area contributed by atoms with E-state index in [1.165, 1.54) is 30.5 Å². The Morgan fingerprint density at radius 3 is 2.55 bits per heavy atom. The van der Waals surface area contributed by atoms with Crippen molar-refractivity contribution in [2.45, 2.75) is 45.4 Å². The van der Waals surface area contributed by atoms with Crippen LogP contribution in [0.2, 0.25) is 0 Å². The number of hydrogen-bond acceptors (Lipinski definition) is 2. The first-order valence-corrected chi connectivity index (χ1v) is 7.60. The number of benzene rings is 1. The summed E-state index contributed by atoms with van der Waals surface area (Å²) < 4.78 is 0. The van der Waals surface area contributed by atoms with E-state index in [0.717, 1.165) is 12.3 Å². The van der Waals surface area contributed by atoms with Crippen LogP contribution in [0.1, 0.15) is 61.4 Å². The standard InChI is InChI=1S/C17H22N2O/c1-11(2)13-5-7-14(8-6-13)17(20)19-18-16-10-12-3-4-15(16)9-12/h5-8,11-12,15H,3-4,9-10H2,1-2H3,(H,19,20). The Balaban J connectivity index is 1.63. The first-order chi connectivity index (χ1) is 9.63. The fourth-order valence-electron chi connectivity index (χ4n) is 3.37. The van der Waals surface area contributed by atoms with Gasteiger partial charge in [0, 0.05) is 11.3 Å². The Hall–Kier alpha value is -1.64. The van der Waals surface area contributed by atoms with Crippen LogP contribution < -0.4 is 5.43 Å². The molecule has 2 atom stereocenters. The molecule has 0 saturated heterocycles. The molecule has 0 heterocycles. The summed E-state index contributed by atoms with van der Waals surface area (Å²) in [6, 6.07) is 7.80. The van der Waals surface area contributed by atoms with Crippen molar-refractivity contribution < 1.29 is 4.79 Å². The normalized spacial score (nSPS) is 26.4. The first-order valence-electron chi connectivity index (χ1n) is 7.60. The SMILES string of the molecule is CC(C)c1ccc(C(=O)NN=C2CC3CCC2C3)cc1. The summed E-state index contributed by atoms with van der Waals surface area (Å²) in [5.74, 6) is 1.83. The molecule has 1 aromatic carbocycles. The van der Waals surface area contributed by atoms with E-state index < -0.39 is 0 Å². The highest BCUT2D eigenvalue weighted by Crippen LogP contribution is 2.42. The molecule has 2 fully saturated rings. The molecule has 2 aliphatic rings. The lowest BCUT2D eigenvalue weighted by Crippen LogP contribution is -2.21. The van der Waals surface area contributed by atoms with Crippen molar-refractivity contribution in [3.05, 3.63) is 35.4 Å². The van der Waals surface area contributed by atoms with E-state index in [9.17, 15) is 4.79 Å². The average molecular weight is 270 g/mol. The van der Waals surface area contributed by atoms with Gasteiger partial charge >= 0.3 is 0 Å². The highest BCUT2D eigenvalue weighted by molar-refractivity contribution is 5.96. The third kappa shape index (κ3) is 2.62. The molecule has 20 heavy (non-hydrogen) atoms. The number of fused-ring (bicyclic) bond motifs is 2. The smallest absolute Gasteiger partial charge is 0.267 e. The summed E-state index contributed by atoms with van der Waals surface area (Å²) >= 11 is 0. The second-order valence-electron chi connectivity index (χ2n) is 6.40. The van der Waals surface area contributed by atoms with Crippen LogP contribution in [-0.4, -0.2) is 11.6 Å². The highest BCUT2D eigenvalue weighted by Gasteiger charge is 2.36. The topological polar surface area (TPSA) is 41.5 Å². The lowest BCUT2D eigenvalue weighted by Gasteiger charge is -2.12. The summed E-state index contributed by atoms with van der Waals surface area (Å²) in [7, 11) is 0. The van der Waals surface area contributed by atoms with Crippen molar-refractivity contribution in [2.75, 3.05) is 0 Å². The minimum atomic E-state index is -0.101. The Labute approximate surface area is 120 Å². The van der Waals surface area contributed by atoms with Gasteiger partial charge in [-0.05, 0) is 61.1 Å². The molecule has 0 aromatic heterocycles. The van der Waals surface area contributed by atoms with Crippen molar-refractivity contribution in [1.29, 1.82) is 0 Å². The number of nitrogens with one attached hydrogen (secondary N) is 1. The lowest BCUT2D eigenvalue weighted by molar-refractivity contribution is 0.0954. The van der Waals surface area contributed by atoms with Gasteiger partial charge in [0.2, 0.25) is 0 Å². The van der Waals surface area contributed by atoms with Crippen LogP contribution in [0.25, 0.3) is 0 Å². The fraction of sp³-hybridized carbons (Fsp3) is 0.529. The van der Waals surface area contributed by atoms with Gasteiger partial charge in [-0.25, -0.2) is 5.43 Å². The predicted octanol–water partition coefficient (Wildman–Crippen LogP) is 3.72. The minimum Gasteiger partial charge on any atom is -0.267 e. The fourth-order valence-corrected chi connectivity index (χ4v) is 3.37. The summed E-state index contributed by atoms with van der Waals surface area (Å²) in [5.41, 5.74) is 5.86. The maximum Gasteiger partial charge on any atom is 0.271 e. The molecule has 2 unspecified atom stereocenters. The van der Waals surface area contributed by atoms with Crippen molar-refractivity contribution in [3.63, 3.8) is 0 Å². The molecular weight excluding hydrogens is 248 g/mol. The molecule has 2 saturated carbocycles. The van der Waals surface area contributed by atoms with Crippen LogP contribution in [0, 0.1) is 11.8 Å². The van der Waals surface area contributed by atoms with Gasteiger partial charge in [0.15, 0.2) is 0 Å². The van der Waals surface area contributed by atoms with Crippen LogP contribution in [0.15, 0.2) is 29.4 Å². The molecule has 2 aliphatic carbocycles. The van der Waals surface area contributed by atoms with Gasteiger partial charge in [-0.15, -0.1) is 0 Å². The Morgan fingerprint density at radius 1 is 1.25 bits per heavy atom. The number of nitrogens with zero attached hydrogens (tertiary/aromatic N) is 1. The van der Waals surface area contributed by atoms with Crippen molar-refractivity contribution in [1.82, 2.24) is 5.43 Å². The van der Waals surface area contributed by atoms with Crippen LogP contribution in [-0.2, 0) is 0 Å². The van der Waals surface area contributed by atoms with Gasteiger partial charge in [-0.3, -0.25) is 4.79 Å². The largest absolute Gasteiger partial charge is 0.271 e. The van der Waals surface area contributed by atoms with Crippen molar-refractivity contribution >= 4 is 11.6 Å². The van der Waals surface area contributed by atoms with Crippen LogP contribution in [0.4, 0.5) is 0 Å². The van der Waals surface area contributed by atoms with Gasteiger partial charge in [-0.2, -0.15) is 5.10 Å². The Kier molecular flexibility index (Phi) is 3.60. The summed E-state index contributed by atoms with van der Waals surface area (Å²) in [4.78, 5) is 12.1. The maximum absolute atomic E-state index is 12.1. The molecule has 1 amide bonds. The molecular formula is C17H22N2O. The molecule has 1 N–H and O–H groups in total. The maximum atomic E-state index is 12.1. The van der Waals surface area contributed by atoms with E-state index in [-0.39, 0.29) is 5.91 Å². The van der Waals surface area contributed by atoms with E-state index in [1.807, 2.05) is 24.3 Å². The molecule has 0 spiro atoms. The average Bonchev–Trinajstić information content (AvgIpc) is 3.07. The molecule has 0 aliphatic heterocycles. The molecule has 3 heteroatoms. The number of amides is 1. The first kappa shape index (κ1) is 13.3. The second-order valence-corrected chi connectivity index (χ2v) is 6.40. The number of carbonyl (C=O) groups excluding carboxylic acids is 1. The van der Waals surface area contributed by atoms with E-state index in [0.29, 0.717) is 17.4 Å². The third-order valence-corrected chi connectivity index (χ3v) is 4.65. The second kappa shape index (κ2) is 5.39. The summed E-state index contributed by atoms with van der Waals surface area (Å²) in [5, 5.41) is 4.36. The van der Waals surface area contributed by atoms with Crippen molar-refractivity contribution in [3.8, 4) is 0 Å². The van der Waals surface area contributed by atoms with Gasteiger partial charge in [0.05, 0.1) is 0 Å². The molecule has 3 rings (SSSR count). The van der Waals surface area contributed by atoms with E-state index >= 15 is 0 Å². The quantitative estimate of drug-likeness (QED) is 0.836. The number of hydrogen-bond donors (Lipinski definition) is 1. The molecule has 106 valence electrons. The van der Waals surface area contributed by atoms with E-state index in [4.69, 9.17) is 0 Å². The van der Waals surface area contributed by atoms with Crippen LogP contribution in [0.3, 0.4) is 0 Å². The number of hydrazone groups is 1. The number of rotatable bonds is 3. The lowest BCUT2D eigenvalue weighted by atomic mass is 9.99. The summed E-state index contributed by atoms with van der Waals surface area (Å²) in [6.45, 7) is 4.30. The minimum absolute atomic E-state index is 0.101. The van der Waals surface area contributed by atoms with E-state index in [2.05, 4.69) is 24.4 Å². The molecule has 3 nitrogen and oxygen atoms in total. The Bertz CT molecular complexity index is 530. The summed E-state index contributed by atoms with van der Waals surface area (Å²) in [6.07, 6.45) is 4.95. The van der Waals surface area contributed by atoms with Crippen LogP contribution in [0.5, 0.6) is 0 Å². The van der Waals surface area contributed by atoms with Gasteiger partial charge in [-0.1, -0.05) is 26.0 Å².